The molecule has 1 rings (SSSR count). The first-order valence-corrected chi connectivity index (χ1v) is 6.65. The molecule has 0 spiro atoms. The molecule has 1 aromatic carbocycles. The minimum absolute atomic E-state index is 0.507. The average molecular weight is 235 g/mol. The lowest BCUT2D eigenvalue weighted by Gasteiger charge is -2.21. The molecule has 0 bridgehead atoms. The zero-order valence-corrected chi connectivity index (χ0v) is 11.5. The maximum Gasteiger partial charge on any atom is 0.119 e. The number of hydrogen-bond donors (Lipinski definition) is 1. The normalized spacial score (nSPS) is 14.4. The predicted octanol–water partition coefficient (Wildman–Crippen LogP) is 3.58. The molecule has 0 saturated heterocycles. The van der Waals surface area contributed by atoms with Gasteiger partial charge >= 0.3 is 0 Å². The summed E-state index contributed by atoms with van der Waals surface area (Å²) in [5.74, 6) is 1.48. The third-order valence-electron chi connectivity index (χ3n) is 3.18. The first-order chi connectivity index (χ1) is 8.19. The van der Waals surface area contributed by atoms with Gasteiger partial charge in [0.25, 0.3) is 0 Å². The molecule has 2 unspecified atom stereocenters. The number of benzene rings is 1. The van der Waals surface area contributed by atoms with Crippen LogP contribution in [-0.4, -0.2) is 19.2 Å². The van der Waals surface area contributed by atoms with Crippen molar-refractivity contribution in [2.24, 2.45) is 0 Å². The number of ether oxygens (including phenoxy) is 1. The zero-order chi connectivity index (χ0) is 12.7. The van der Waals surface area contributed by atoms with E-state index in [1.54, 1.807) is 0 Å². The molecule has 0 radical (unpaired) electrons. The van der Waals surface area contributed by atoms with E-state index in [1.807, 2.05) is 6.92 Å². The van der Waals surface area contributed by atoms with E-state index in [2.05, 4.69) is 50.4 Å². The van der Waals surface area contributed by atoms with Gasteiger partial charge in [-0.1, -0.05) is 26.0 Å². The summed E-state index contributed by atoms with van der Waals surface area (Å²) < 4.78 is 5.45. The molecule has 2 heteroatoms. The lowest BCUT2D eigenvalue weighted by Crippen LogP contribution is -2.31. The van der Waals surface area contributed by atoms with Gasteiger partial charge in [0, 0.05) is 6.04 Å². The summed E-state index contributed by atoms with van der Waals surface area (Å²) in [5, 5.41) is 3.54. The summed E-state index contributed by atoms with van der Waals surface area (Å²) in [4.78, 5) is 0. The fourth-order valence-electron chi connectivity index (χ4n) is 1.87. The van der Waals surface area contributed by atoms with E-state index in [0.717, 1.165) is 18.9 Å². The van der Waals surface area contributed by atoms with Crippen molar-refractivity contribution < 1.29 is 4.74 Å². The SMILES string of the molecule is CCCNC(C)C(C)c1ccc(OCC)cc1. The largest absolute Gasteiger partial charge is 0.494 e. The van der Waals surface area contributed by atoms with Crippen LogP contribution < -0.4 is 10.1 Å². The highest BCUT2D eigenvalue weighted by atomic mass is 16.5. The summed E-state index contributed by atoms with van der Waals surface area (Å²) in [6.07, 6.45) is 1.18. The number of nitrogens with one attached hydrogen (secondary N) is 1. The predicted molar refractivity (Wildman–Crippen MR) is 73.8 cm³/mol. The van der Waals surface area contributed by atoms with Gasteiger partial charge in [-0.15, -0.1) is 0 Å². The Morgan fingerprint density at radius 3 is 2.29 bits per heavy atom. The van der Waals surface area contributed by atoms with Crippen molar-refractivity contribution in [3.05, 3.63) is 29.8 Å². The van der Waals surface area contributed by atoms with Crippen LogP contribution in [0, 0.1) is 0 Å². The van der Waals surface area contributed by atoms with Crippen LogP contribution in [0.4, 0.5) is 0 Å². The zero-order valence-electron chi connectivity index (χ0n) is 11.5. The first-order valence-electron chi connectivity index (χ1n) is 6.65. The number of rotatable bonds is 7. The van der Waals surface area contributed by atoms with Gasteiger partial charge in [-0.25, -0.2) is 0 Å². The monoisotopic (exact) mass is 235 g/mol. The Hall–Kier alpha value is -1.02. The van der Waals surface area contributed by atoms with Gasteiger partial charge < -0.3 is 10.1 Å². The molecular weight excluding hydrogens is 210 g/mol. The molecule has 17 heavy (non-hydrogen) atoms. The third-order valence-corrected chi connectivity index (χ3v) is 3.18. The molecule has 0 amide bonds. The minimum atomic E-state index is 0.507. The Labute approximate surface area is 105 Å². The molecule has 0 aliphatic rings. The van der Waals surface area contributed by atoms with Gasteiger partial charge in [0.05, 0.1) is 6.61 Å². The maximum absolute atomic E-state index is 5.45. The lowest BCUT2D eigenvalue weighted by atomic mass is 9.94. The second-order valence-electron chi connectivity index (χ2n) is 4.53. The third kappa shape index (κ3) is 4.39. The molecular formula is C15H25NO. The highest BCUT2D eigenvalue weighted by Gasteiger charge is 2.13. The van der Waals surface area contributed by atoms with Crippen molar-refractivity contribution in [3.8, 4) is 5.75 Å². The Balaban J connectivity index is 2.58. The Bertz CT molecular complexity index is 307. The van der Waals surface area contributed by atoms with Crippen molar-refractivity contribution in [2.45, 2.75) is 46.1 Å². The van der Waals surface area contributed by atoms with E-state index < -0.39 is 0 Å². The van der Waals surface area contributed by atoms with Gasteiger partial charge in [-0.05, 0) is 50.4 Å². The topological polar surface area (TPSA) is 21.3 Å². The van der Waals surface area contributed by atoms with Crippen molar-refractivity contribution in [3.63, 3.8) is 0 Å². The average Bonchev–Trinajstić information content (AvgIpc) is 2.36. The van der Waals surface area contributed by atoms with Crippen LogP contribution in [0.15, 0.2) is 24.3 Å². The second-order valence-corrected chi connectivity index (χ2v) is 4.53. The summed E-state index contributed by atoms with van der Waals surface area (Å²) in [6.45, 7) is 10.5. The molecule has 0 aliphatic carbocycles. The molecule has 1 aromatic rings. The van der Waals surface area contributed by atoms with Crippen LogP contribution in [0.3, 0.4) is 0 Å². The molecule has 2 atom stereocenters. The Kier molecular flexibility index (Phi) is 6.06. The Morgan fingerprint density at radius 2 is 1.76 bits per heavy atom. The molecule has 0 saturated carbocycles. The maximum atomic E-state index is 5.45. The van der Waals surface area contributed by atoms with E-state index in [9.17, 15) is 0 Å². The highest BCUT2D eigenvalue weighted by molar-refractivity contribution is 5.29. The summed E-state index contributed by atoms with van der Waals surface area (Å²) in [6, 6.07) is 8.96. The van der Waals surface area contributed by atoms with Crippen LogP contribution in [0.25, 0.3) is 0 Å². The molecule has 1 N–H and O–H groups in total. The van der Waals surface area contributed by atoms with Crippen molar-refractivity contribution in [2.75, 3.05) is 13.2 Å². The molecule has 96 valence electrons. The molecule has 0 aromatic heterocycles. The second kappa shape index (κ2) is 7.33. The highest BCUT2D eigenvalue weighted by Crippen LogP contribution is 2.22. The van der Waals surface area contributed by atoms with Gasteiger partial charge in [0.1, 0.15) is 5.75 Å². The van der Waals surface area contributed by atoms with Crippen LogP contribution in [0.5, 0.6) is 5.75 Å². The van der Waals surface area contributed by atoms with Crippen molar-refractivity contribution >= 4 is 0 Å². The van der Waals surface area contributed by atoms with Crippen LogP contribution >= 0.6 is 0 Å². The first kappa shape index (κ1) is 14.0. The number of hydrogen-bond acceptors (Lipinski definition) is 2. The van der Waals surface area contributed by atoms with Crippen LogP contribution in [0.1, 0.15) is 45.6 Å². The standard InChI is InChI=1S/C15H25NO/c1-5-11-16-13(4)12(3)14-7-9-15(10-8-14)17-6-2/h7-10,12-13,16H,5-6,11H2,1-4H3. The van der Waals surface area contributed by atoms with Gasteiger partial charge in [0.15, 0.2) is 0 Å². The van der Waals surface area contributed by atoms with Crippen molar-refractivity contribution in [1.82, 2.24) is 5.32 Å². The fraction of sp³-hybridized carbons (Fsp3) is 0.600. The summed E-state index contributed by atoms with van der Waals surface area (Å²) in [5.41, 5.74) is 1.37. The van der Waals surface area contributed by atoms with E-state index in [-0.39, 0.29) is 0 Å². The lowest BCUT2D eigenvalue weighted by molar-refractivity contribution is 0.340. The van der Waals surface area contributed by atoms with E-state index in [1.165, 1.54) is 12.0 Å². The summed E-state index contributed by atoms with van der Waals surface area (Å²) >= 11 is 0. The quantitative estimate of drug-likeness (QED) is 0.780. The van der Waals surface area contributed by atoms with Gasteiger partial charge in [-0.3, -0.25) is 0 Å². The molecule has 0 aliphatic heterocycles. The van der Waals surface area contributed by atoms with Gasteiger partial charge in [-0.2, -0.15) is 0 Å². The molecule has 0 fully saturated rings. The van der Waals surface area contributed by atoms with Crippen LogP contribution in [-0.2, 0) is 0 Å². The minimum Gasteiger partial charge on any atom is -0.494 e. The van der Waals surface area contributed by atoms with Gasteiger partial charge in [0.2, 0.25) is 0 Å². The van der Waals surface area contributed by atoms with E-state index in [4.69, 9.17) is 4.74 Å². The Morgan fingerprint density at radius 1 is 1.12 bits per heavy atom. The molecule has 2 nitrogen and oxygen atoms in total. The van der Waals surface area contributed by atoms with Crippen molar-refractivity contribution in [1.29, 1.82) is 0 Å². The smallest absolute Gasteiger partial charge is 0.119 e. The summed E-state index contributed by atoms with van der Waals surface area (Å²) in [7, 11) is 0. The fourth-order valence-corrected chi connectivity index (χ4v) is 1.87. The van der Waals surface area contributed by atoms with Crippen LogP contribution in [0.2, 0.25) is 0 Å². The molecule has 0 heterocycles. The van der Waals surface area contributed by atoms with E-state index >= 15 is 0 Å². The van der Waals surface area contributed by atoms with E-state index in [0.29, 0.717) is 12.0 Å².